The summed E-state index contributed by atoms with van der Waals surface area (Å²) in [7, 11) is 1.42. The fourth-order valence-electron chi connectivity index (χ4n) is 3.14. The SMILES string of the molecule is CCc1nn(-c2cc(OC(C)C(F)(F)F)c(C(=O)Nc3ccc(F)cc3C)cc2F)c(=O)n1C. The van der Waals surface area contributed by atoms with Crippen molar-refractivity contribution in [1.29, 1.82) is 0 Å². The summed E-state index contributed by atoms with van der Waals surface area (Å²) in [5.74, 6) is -2.94. The number of carbonyl (C=O) groups excluding carboxylic acids is 1. The second kappa shape index (κ2) is 9.27. The number of nitrogens with one attached hydrogen (secondary N) is 1. The number of rotatable bonds is 6. The van der Waals surface area contributed by atoms with Gasteiger partial charge >= 0.3 is 11.9 Å². The van der Waals surface area contributed by atoms with Gasteiger partial charge in [0.1, 0.15) is 28.9 Å². The Bertz CT molecular complexity index is 1300. The predicted molar refractivity (Wildman–Crippen MR) is 113 cm³/mol. The van der Waals surface area contributed by atoms with Crippen LogP contribution in [0.1, 0.15) is 35.6 Å². The number of amides is 1. The van der Waals surface area contributed by atoms with Gasteiger partial charge in [0, 0.05) is 25.2 Å². The van der Waals surface area contributed by atoms with Gasteiger partial charge in [0.25, 0.3) is 5.91 Å². The molecule has 12 heteroatoms. The number of aromatic nitrogens is 3. The smallest absolute Gasteiger partial charge is 0.425 e. The van der Waals surface area contributed by atoms with E-state index >= 15 is 4.39 Å². The van der Waals surface area contributed by atoms with E-state index in [9.17, 15) is 27.2 Å². The number of halogens is 5. The number of ether oxygens (including phenoxy) is 1. The monoisotopic (exact) mass is 484 g/mol. The highest BCUT2D eigenvalue weighted by Gasteiger charge is 2.39. The molecule has 1 N–H and O–H groups in total. The number of benzene rings is 2. The highest BCUT2D eigenvalue weighted by Crippen LogP contribution is 2.31. The van der Waals surface area contributed by atoms with E-state index in [1.54, 1.807) is 6.92 Å². The molecule has 0 saturated heterocycles. The van der Waals surface area contributed by atoms with E-state index in [0.717, 1.165) is 29.7 Å². The first-order valence-electron chi connectivity index (χ1n) is 10.1. The first-order valence-corrected chi connectivity index (χ1v) is 10.1. The molecule has 0 bridgehead atoms. The van der Waals surface area contributed by atoms with Crippen LogP contribution in [0.15, 0.2) is 35.1 Å². The van der Waals surface area contributed by atoms with Crippen LogP contribution in [-0.4, -0.2) is 32.5 Å². The van der Waals surface area contributed by atoms with Crippen molar-refractivity contribution in [2.45, 2.75) is 39.5 Å². The molecule has 0 aliphatic rings. The van der Waals surface area contributed by atoms with E-state index in [1.807, 2.05) is 0 Å². The van der Waals surface area contributed by atoms with Crippen LogP contribution in [0.5, 0.6) is 5.75 Å². The zero-order chi connectivity index (χ0) is 25.4. The Labute approximate surface area is 190 Å². The molecule has 34 heavy (non-hydrogen) atoms. The average Bonchev–Trinajstić information content (AvgIpc) is 3.04. The number of anilines is 1. The Morgan fingerprint density at radius 3 is 2.44 bits per heavy atom. The molecule has 1 atom stereocenters. The van der Waals surface area contributed by atoms with Gasteiger partial charge < -0.3 is 10.1 Å². The van der Waals surface area contributed by atoms with E-state index in [1.165, 1.54) is 20.0 Å². The molecule has 1 heterocycles. The van der Waals surface area contributed by atoms with Crippen molar-refractivity contribution in [3.8, 4) is 11.4 Å². The summed E-state index contributed by atoms with van der Waals surface area (Å²) in [5.41, 5.74) is -1.27. The van der Waals surface area contributed by atoms with Gasteiger partial charge in [0.15, 0.2) is 6.10 Å². The summed E-state index contributed by atoms with van der Waals surface area (Å²) in [6.07, 6.45) is -6.80. The molecule has 0 radical (unpaired) electrons. The van der Waals surface area contributed by atoms with Crippen LogP contribution in [0.4, 0.5) is 27.6 Å². The van der Waals surface area contributed by atoms with Gasteiger partial charge in [-0.2, -0.15) is 17.9 Å². The Morgan fingerprint density at radius 1 is 1.21 bits per heavy atom. The summed E-state index contributed by atoms with van der Waals surface area (Å²) in [5, 5.41) is 6.41. The highest BCUT2D eigenvalue weighted by molar-refractivity contribution is 6.06. The summed E-state index contributed by atoms with van der Waals surface area (Å²) in [6, 6.07) is 4.95. The molecule has 3 rings (SSSR count). The normalized spacial score (nSPS) is 12.5. The van der Waals surface area contributed by atoms with Crippen molar-refractivity contribution in [1.82, 2.24) is 14.3 Å². The van der Waals surface area contributed by atoms with Crippen molar-refractivity contribution in [3.63, 3.8) is 0 Å². The van der Waals surface area contributed by atoms with Gasteiger partial charge in [0.05, 0.1) is 5.56 Å². The van der Waals surface area contributed by atoms with Gasteiger partial charge in [-0.05, 0) is 43.7 Å². The second-order valence-electron chi connectivity index (χ2n) is 7.54. The minimum atomic E-state index is -4.78. The molecule has 1 aromatic heterocycles. The third kappa shape index (κ3) is 4.95. The van der Waals surface area contributed by atoms with Gasteiger partial charge in [-0.15, -0.1) is 5.10 Å². The van der Waals surface area contributed by atoms with Crippen molar-refractivity contribution < 1.29 is 31.5 Å². The van der Waals surface area contributed by atoms with Gasteiger partial charge in [-0.25, -0.2) is 13.6 Å². The third-order valence-corrected chi connectivity index (χ3v) is 5.11. The topological polar surface area (TPSA) is 78.2 Å². The molecule has 0 aliphatic carbocycles. The van der Waals surface area contributed by atoms with Crippen molar-refractivity contribution in [2.75, 3.05) is 5.32 Å². The molecule has 3 aromatic rings. The maximum Gasteiger partial charge on any atom is 0.425 e. The van der Waals surface area contributed by atoms with Crippen LogP contribution < -0.4 is 15.7 Å². The zero-order valence-electron chi connectivity index (χ0n) is 18.6. The second-order valence-corrected chi connectivity index (χ2v) is 7.54. The number of alkyl halides is 3. The number of aryl methyl sites for hydroxylation is 2. The third-order valence-electron chi connectivity index (χ3n) is 5.11. The number of hydrogen-bond donors (Lipinski definition) is 1. The first kappa shape index (κ1) is 24.9. The average molecular weight is 484 g/mol. The highest BCUT2D eigenvalue weighted by atomic mass is 19.4. The van der Waals surface area contributed by atoms with Crippen molar-refractivity contribution >= 4 is 11.6 Å². The van der Waals surface area contributed by atoms with Gasteiger partial charge in [-0.1, -0.05) is 6.92 Å². The maximum absolute atomic E-state index is 15.0. The minimum Gasteiger partial charge on any atom is -0.480 e. The zero-order valence-corrected chi connectivity index (χ0v) is 18.6. The Balaban J connectivity index is 2.12. The molecule has 7 nitrogen and oxygen atoms in total. The molecule has 0 fully saturated rings. The van der Waals surface area contributed by atoms with Crippen molar-refractivity contribution in [3.05, 3.63) is 69.4 Å². The Kier molecular flexibility index (Phi) is 6.80. The lowest BCUT2D eigenvalue weighted by molar-refractivity contribution is -0.189. The fraction of sp³-hybridized carbons (Fsp3) is 0.318. The fourth-order valence-corrected chi connectivity index (χ4v) is 3.14. The van der Waals surface area contributed by atoms with E-state index in [0.29, 0.717) is 28.6 Å². The maximum atomic E-state index is 15.0. The summed E-state index contributed by atoms with van der Waals surface area (Å²) in [4.78, 5) is 25.3. The summed E-state index contributed by atoms with van der Waals surface area (Å²) in [6.45, 7) is 3.94. The number of nitrogens with zero attached hydrogens (tertiary/aromatic N) is 3. The van der Waals surface area contributed by atoms with E-state index in [2.05, 4.69) is 10.4 Å². The lowest BCUT2D eigenvalue weighted by atomic mass is 10.1. The van der Waals surface area contributed by atoms with Gasteiger partial charge in [-0.3, -0.25) is 9.36 Å². The molecule has 0 aliphatic heterocycles. The molecular formula is C22H21F5N4O3. The molecular weight excluding hydrogens is 463 g/mol. The predicted octanol–water partition coefficient (Wildman–Crippen LogP) is 4.30. The first-order chi connectivity index (χ1) is 15.8. The summed E-state index contributed by atoms with van der Waals surface area (Å²) < 4.78 is 74.7. The van der Waals surface area contributed by atoms with E-state index < -0.39 is 52.5 Å². The van der Waals surface area contributed by atoms with Crippen molar-refractivity contribution in [2.24, 2.45) is 7.05 Å². The summed E-state index contributed by atoms with van der Waals surface area (Å²) >= 11 is 0. The minimum absolute atomic E-state index is 0.166. The van der Waals surface area contributed by atoms with E-state index in [4.69, 9.17) is 4.74 Å². The van der Waals surface area contributed by atoms with Crippen LogP contribution in [0.25, 0.3) is 5.69 Å². The van der Waals surface area contributed by atoms with Crippen LogP contribution in [-0.2, 0) is 13.5 Å². The van der Waals surface area contributed by atoms with Gasteiger partial charge in [0.2, 0.25) is 0 Å². The molecule has 182 valence electrons. The van der Waals surface area contributed by atoms with Crippen LogP contribution >= 0.6 is 0 Å². The van der Waals surface area contributed by atoms with Crippen LogP contribution in [0, 0.1) is 18.6 Å². The Morgan fingerprint density at radius 2 is 1.88 bits per heavy atom. The lowest BCUT2D eigenvalue weighted by Gasteiger charge is -2.20. The number of hydrogen-bond acceptors (Lipinski definition) is 4. The Hall–Kier alpha value is -3.70. The van der Waals surface area contributed by atoms with Crippen LogP contribution in [0.2, 0.25) is 0 Å². The molecule has 0 saturated carbocycles. The lowest BCUT2D eigenvalue weighted by Crippen LogP contribution is -2.32. The van der Waals surface area contributed by atoms with E-state index in [-0.39, 0.29) is 5.69 Å². The molecule has 1 amide bonds. The standard InChI is InChI=1S/C22H21F5N4O3/c1-5-19-29-31(21(33)30(19)4)17-10-18(34-12(3)22(25,26)27)14(9-15(17)24)20(32)28-16-7-6-13(23)8-11(16)2/h6-10,12H,5H2,1-4H3,(H,28,32). The molecule has 0 spiro atoms. The largest absolute Gasteiger partial charge is 0.480 e. The van der Waals surface area contributed by atoms with Crippen LogP contribution in [0.3, 0.4) is 0 Å². The quantitative estimate of drug-likeness (QED) is 0.530. The number of carbonyl (C=O) groups is 1. The molecule has 2 aromatic carbocycles. The molecule has 1 unspecified atom stereocenters.